The first-order chi connectivity index (χ1) is 9.62. The maximum Gasteiger partial charge on any atom is 0.319 e. The third kappa shape index (κ3) is 3.51. The number of rotatable bonds is 6. The molecule has 0 bridgehead atoms. The van der Waals surface area contributed by atoms with Gasteiger partial charge in [0.25, 0.3) is 0 Å². The van der Waals surface area contributed by atoms with Crippen LogP contribution in [0.1, 0.15) is 37.8 Å². The van der Waals surface area contributed by atoms with Crippen LogP contribution in [0.25, 0.3) is 0 Å². The number of carbonyl (C=O) groups excluding carboxylic acids is 1. The molecule has 110 valence electrons. The van der Waals surface area contributed by atoms with Gasteiger partial charge in [-0.1, -0.05) is 26.0 Å². The number of carbonyl (C=O) groups is 1. The van der Waals surface area contributed by atoms with Gasteiger partial charge in [-0.25, -0.2) is 4.79 Å². The number of benzene rings is 1. The van der Waals surface area contributed by atoms with E-state index in [1.165, 1.54) is 5.56 Å². The largest absolute Gasteiger partial charge is 0.396 e. The summed E-state index contributed by atoms with van der Waals surface area (Å²) in [6, 6.07) is 6.03. The quantitative estimate of drug-likeness (QED) is 0.748. The molecule has 20 heavy (non-hydrogen) atoms. The normalized spacial score (nSPS) is 15.8. The zero-order valence-electron chi connectivity index (χ0n) is 12.3. The van der Waals surface area contributed by atoms with Gasteiger partial charge in [-0.05, 0) is 42.9 Å². The Kier molecular flexibility index (Phi) is 4.65. The number of hydrogen-bond donors (Lipinski definition) is 3. The first-order valence-corrected chi connectivity index (χ1v) is 7.40. The average Bonchev–Trinajstić information content (AvgIpc) is 3.25. The Morgan fingerprint density at radius 3 is 2.60 bits per heavy atom. The third-order valence-corrected chi connectivity index (χ3v) is 4.13. The van der Waals surface area contributed by atoms with Crippen molar-refractivity contribution in [3.63, 3.8) is 0 Å². The predicted molar refractivity (Wildman–Crippen MR) is 81.0 cm³/mol. The van der Waals surface area contributed by atoms with Gasteiger partial charge in [-0.3, -0.25) is 0 Å². The fourth-order valence-corrected chi connectivity index (χ4v) is 2.27. The van der Waals surface area contributed by atoms with E-state index in [-0.39, 0.29) is 18.1 Å². The molecule has 0 radical (unpaired) electrons. The van der Waals surface area contributed by atoms with Crippen LogP contribution in [-0.2, 0) is 12.8 Å². The first kappa shape index (κ1) is 14.9. The van der Waals surface area contributed by atoms with Crippen LogP contribution in [0.4, 0.5) is 10.5 Å². The molecule has 3 N–H and O–H groups in total. The number of aliphatic hydroxyl groups excluding tert-OH is 1. The smallest absolute Gasteiger partial charge is 0.319 e. The molecule has 1 aromatic carbocycles. The zero-order valence-corrected chi connectivity index (χ0v) is 12.3. The van der Waals surface area contributed by atoms with Crippen LogP contribution in [0.2, 0.25) is 0 Å². The standard InChI is InChI=1S/C16H24N2O2/c1-3-12-5-6-13(4-2)14(9-12)18-15(20)17-10-16(11-19)7-8-16/h5-6,9,19H,3-4,7-8,10-11H2,1-2H3,(H2,17,18,20). The molecule has 1 saturated carbocycles. The molecule has 0 aliphatic heterocycles. The van der Waals surface area contributed by atoms with Gasteiger partial charge in [0.15, 0.2) is 0 Å². The van der Waals surface area contributed by atoms with Crippen molar-refractivity contribution in [1.29, 1.82) is 0 Å². The minimum Gasteiger partial charge on any atom is -0.396 e. The molecular weight excluding hydrogens is 252 g/mol. The van der Waals surface area contributed by atoms with E-state index in [9.17, 15) is 9.90 Å². The van der Waals surface area contributed by atoms with E-state index in [0.717, 1.165) is 36.9 Å². The minimum atomic E-state index is -0.187. The summed E-state index contributed by atoms with van der Waals surface area (Å²) in [5, 5.41) is 15.0. The Balaban J connectivity index is 1.96. The summed E-state index contributed by atoms with van der Waals surface area (Å²) in [5.74, 6) is 0. The number of aliphatic hydroxyl groups is 1. The SMILES string of the molecule is CCc1ccc(CC)c(NC(=O)NCC2(CO)CC2)c1. The highest BCUT2D eigenvalue weighted by Gasteiger charge is 2.42. The third-order valence-electron chi connectivity index (χ3n) is 4.13. The van der Waals surface area contributed by atoms with Crippen LogP contribution in [0, 0.1) is 5.41 Å². The van der Waals surface area contributed by atoms with Crippen LogP contribution in [0.5, 0.6) is 0 Å². The second-order valence-electron chi connectivity index (χ2n) is 5.66. The molecular formula is C16H24N2O2. The molecule has 0 heterocycles. The highest BCUT2D eigenvalue weighted by atomic mass is 16.3. The highest BCUT2D eigenvalue weighted by Crippen LogP contribution is 2.44. The van der Waals surface area contributed by atoms with Crippen molar-refractivity contribution < 1.29 is 9.90 Å². The maximum absolute atomic E-state index is 12.0. The van der Waals surface area contributed by atoms with Crippen molar-refractivity contribution in [3.8, 4) is 0 Å². The van der Waals surface area contributed by atoms with E-state index in [4.69, 9.17) is 0 Å². The van der Waals surface area contributed by atoms with Gasteiger partial charge in [0.2, 0.25) is 0 Å². The fraction of sp³-hybridized carbons (Fsp3) is 0.562. The predicted octanol–water partition coefficient (Wildman–Crippen LogP) is 2.71. The van der Waals surface area contributed by atoms with E-state index in [2.05, 4.69) is 36.6 Å². The lowest BCUT2D eigenvalue weighted by molar-refractivity contribution is 0.206. The monoisotopic (exact) mass is 276 g/mol. The molecule has 0 aromatic heterocycles. The summed E-state index contributed by atoms with van der Waals surface area (Å²) in [4.78, 5) is 12.0. The van der Waals surface area contributed by atoms with Gasteiger partial charge in [-0.15, -0.1) is 0 Å². The summed E-state index contributed by atoms with van der Waals surface area (Å²) in [6.45, 7) is 4.88. The van der Waals surface area contributed by atoms with E-state index in [1.54, 1.807) is 0 Å². The van der Waals surface area contributed by atoms with Gasteiger partial charge < -0.3 is 15.7 Å². The van der Waals surface area contributed by atoms with Crippen molar-refractivity contribution >= 4 is 11.7 Å². The summed E-state index contributed by atoms with van der Waals surface area (Å²) >= 11 is 0. The van der Waals surface area contributed by atoms with Gasteiger partial charge in [0.05, 0.1) is 6.61 Å². The highest BCUT2D eigenvalue weighted by molar-refractivity contribution is 5.90. The number of amides is 2. The molecule has 1 aromatic rings. The maximum atomic E-state index is 12.0. The lowest BCUT2D eigenvalue weighted by atomic mass is 10.1. The van der Waals surface area contributed by atoms with Gasteiger partial charge in [-0.2, -0.15) is 0 Å². The van der Waals surface area contributed by atoms with Crippen molar-refractivity contribution in [2.75, 3.05) is 18.5 Å². The van der Waals surface area contributed by atoms with Crippen LogP contribution in [-0.4, -0.2) is 24.3 Å². The number of anilines is 1. The van der Waals surface area contributed by atoms with Gasteiger partial charge >= 0.3 is 6.03 Å². The fourth-order valence-electron chi connectivity index (χ4n) is 2.27. The zero-order chi connectivity index (χ0) is 14.6. The van der Waals surface area contributed by atoms with E-state index in [1.807, 2.05) is 6.07 Å². The number of nitrogens with one attached hydrogen (secondary N) is 2. The molecule has 4 nitrogen and oxygen atoms in total. The van der Waals surface area contributed by atoms with E-state index >= 15 is 0 Å². The summed E-state index contributed by atoms with van der Waals surface area (Å²) in [5.41, 5.74) is 3.18. The van der Waals surface area contributed by atoms with E-state index < -0.39 is 0 Å². The molecule has 4 heteroatoms. The Morgan fingerprint density at radius 1 is 1.30 bits per heavy atom. The number of urea groups is 1. The Hall–Kier alpha value is -1.55. The molecule has 1 aliphatic rings. The lowest BCUT2D eigenvalue weighted by Gasteiger charge is -2.15. The molecule has 0 saturated heterocycles. The number of aryl methyl sites for hydroxylation is 2. The second kappa shape index (κ2) is 6.27. The first-order valence-electron chi connectivity index (χ1n) is 7.40. The molecule has 1 aliphatic carbocycles. The van der Waals surface area contributed by atoms with Crippen LogP contribution in [0.3, 0.4) is 0 Å². The molecule has 0 unspecified atom stereocenters. The van der Waals surface area contributed by atoms with Gasteiger partial charge in [0.1, 0.15) is 0 Å². The Labute approximate surface area is 120 Å². The van der Waals surface area contributed by atoms with E-state index in [0.29, 0.717) is 6.54 Å². The van der Waals surface area contributed by atoms with Crippen LogP contribution < -0.4 is 10.6 Å². The molecule has 0 atom stereocenters. The van der Waals surface area contributed by atoms with Crippen LogP contribution in [0.15, 0.2) is 18.2 Å². The second-order valence-corrected chi connectivity index (χ2v) is 5.66. The van der Waals surface area contributed by atoms with Crippen molar-refractivity contribution in [3.05, 3.63) is 29.3 Å². The minimum absolute atomic E-state index is 0.0593. The van der Waals surface area contributed by atoms with Gasteiger partial charge in [0, 0.05) is 17.6 Å². The number of hydrogen-bond acceptors (Lipinski definition) is 2. The topological polar surface area (TPSA) is 61.4 Å². The lowest BCUT2D eigenvalue weighted by Crippen LogP contribution is -2.35. The molecule has 2 amide bonds. The van der Waals surface area contributed by atoms with Crippen molar-refractivity contribution in [2.45, 2.75) is 39.5 Å². The Morgan fingerprint density at radius 2 is 2.05 bits per heavy atom. The molecule has 1 fully saturated rings. The summed E-state index contributed by atoms with van der Waals surface area (Å²) in [6.07, 6.45) is 3.83. The summed E-state index contributed by atoms with van der Waals surface area (Å²) in [7, 11) is 0. The molecule has 2 rings (SSSR count). The van der Waals surface area contributed by atoms with Crippen molar-refractivity contribution in [1.82, 2.24) is 5.32 Å². The average molecular weight is 276 g/mol. The van der Waals surface area contributed by atoms with Crippen molar-refractivity contribution in [2.24, 2.45) is 5.41 Å². The van der Waals surface area contributed by atoms with Crippen LogP contribution >= 0.6 is 0 Å². The summed E-state index contributed by atoms with van der Waals surface area (Å²) < 4.78 is 0. The Bertz CT molecular complexity index is 481. The molecule has 0 spiro atoms.